The summed E-state index contributed by atoms with van der Waals surface area (Å²) in [7, 11) is 0. The topological polar surface area (TPSA) is 87.2 Å². The summed E-state index contributed by atoms with van der Waals surface area (Å²) in [6, 6.07) is 7.71. The molecule has 31 heavy (non-hydrogen) atoms. The van der Waals surface area contributed by atoms with Gasteiger partial charge in [0.2, 0.25) is 5.01 Å². The van der Waals surface area contributed by atoms with E-state index in [1.165, 1.54) is 43.6 Å². The number of benzene rings is 1. The Morgan fingerprint density at radius 1 is 1.16 bits per heavy atom. The first-order chi connectivity index (χ1) is 15.1. The molecule has 8 heteroatoms. The number of carbonyl (C=O) groups is 2. The van der Waals surface area contributed by atoms with Crippen LogP contribution in [0.5, 0.6) is 0 Å². The number of aromatic nitrogens is 2. The van der Waals surface area contributed by atoms with Gasteiger partial charge in [-0.2, -0.15) is 0 Å². The molecule has 2 fully saturated rings. The molecule has 1 unspecified atom stereocenters. The minimum Gasteiger partial charge on any atom is -0.352 e. The summed E-state index contributed by atoms with van der Waals surface area (Å²) in [6.07, 6.45) is 8.30. The van der Waals surface area contributed by atoms with E-state index < -0.39 is 0 Å². The fraction of sp³-hybridized carbons (Fsp3) is 0.565. The largest absolute Gasteiger partial charge is 0.352 e. The van der Waals surface area contributed by atoms with E-state index in [1.54, 1.807) is 24.3 Å². The van der Waals surface area contributed by atoms with E-state index in [2.05, 4.69) is 32.7 Å². The molecule has 0 bridgehead atoms. The Hall–Kier alpha value is -2.32. The van der Waals surface area contributed by atoms with Crippen molar-refractivity contribution in [3.63, 3.8) is 0 Å². The third kappa shape index (κ3) is 5.89. The van der Waals surface area contributed by atoms with Gasteiger partial charge < -0.3 is 15.5 Å². The van der Waals surface area contributed by atoms with Crippen molar-refractivity contribution in [2.24, 2.45) is 0 Å². The van der Waals surface area contributed by atoms with Gasteiger partial charge in [-0.15, -0.1) is 10.2 Å². The number of nitrogens with one attached hydrogen (secondary N) is 2. The SMILES string of the molecule is CCC1CCCCN1CCCNC(=O)c1cccc(NC(=O)c2nnc(C3CC3)s2)c1. The summed E-state index contributed by atoms with van der Waals surface area (Å²) in [6.45, 7) is 5.11. The van der Waals surface area contributed by atoms with Crippen molar-refractivity contribution < 1.29 is 9.59 Å². The predicted molar refractivity (Wildman–Crippen MR) is 123 cm³/mol. The minimum atomic E-state index is -0.283. The molecule has 4 rings (SSSR count). The van der Waals surface area contributed by atoms with Crippen molar-refractivity contribution in [1.29, 1.82) is 0 Å². The maximum absolute atomic E-state index is 12.6. The van der Waals surface area contributed by atoms with Gasteiger partial charge in [0.25, 0.3) is 11.8 Å². The Morgan fingerprint density at radius 3 is 2.84 bits per heavy atom. The van der Waals surface area contributed by atoms with Gasteiger partial charge in [0.15, 0.2) is 0 Å². The number of hydrogen-bond donors (Lipinski definition) is 2. The highest BCUT2D eigenvalue weighted by atomic mass is 32.1. The second-order valence-corrected chi connectivity index (χ2v) is 9.47. The van der Waals surface area contributed by atoms with E-state index >= 15 is 0 Å². The van der Waals surface area contributed by atoms with E-state index in [-0.39, 0.29) is 11.8 Å². The average molecular weight is 442 g/mol. The van der Waals surface area contributed by atoms with Crippen molar-refractivity contribution in [2.75, 3.05) is 25.0 Å². The number of rotatable bonds is 9. The van der Waals surface area contributed by atoms with Crippen LogP contribution < -0.4 is 10.6 Å². The van der Waals surface area contributed by atoms with Crippen LogP contribution in [0.2, 0.25) is 0 Å². The summed E-state index contributed by atoms with van der Waals surface area (Å²) < 4.78 is 0. The van der Waals surface area contributed by atoms with Gasteiger partial charge >= 0.3 is 0 Å². The molecular formula is C23H31N5O2S. The molecule has 166 valence electrons. The van der Waals surface area contributed by atoms with Gasteiger partial charge in [0.1, 0.15) is 5.01 Å². The third-order valence-corrected chi connectivity index (χ3v) is 7.16. The molecule has 2 N–H and O–H groups in total. The van der Waals surface area contributed by atoms with Gasteiger partial charge in [-0.3, -0.25) is 9.59 Å². The Balaban J connectivity index is 1.25. The zero-order valence-corrected chi connectivity index (χ0v) is 18.9. The maximum atomic E-state index is 12.6. The fourth-order valence-corrected chi connectivity index (χ4v) is 5.05. The quantitative estimate of drug-likeness (QED) is 0.573. The van der Waals surface area contributed by atoms with E-state index in [9.17, 15) is 9.59 Å². The smallest absolute Gasteiger partial charge is 0.286 e. The second-order valence-electron chi connectivity index (χ2n) is 8.46. The standard InChI is InChI=1S/C23H31N5O2S/c1-2-19-9-3-4-13-28(19)14-6-12-24-20(29)17-7-5-8-18(15-17)25-21(30)23-27-26-22(31-23)16-10-11-16/h5,7-8,15-16,19H,2-4,6,9-14H2,1H3,(H,24,29)(H,25,30). The van der Waals surface area contributed by atoms with Crippen LogP contribution in [0.4, 0.5) is 5.69 Å². The first-order valence-corrected chi connectivity index (χ1v) is 12.2. The summed E-state index contributed by atoms with van der Waals surface area (Å²) in [5.41, 5.74) is 1.12. The highest BCUT2D eigenvalue weighted by molar-refractivity contribution is 7.13. The van der Waals surface area contributed by atoms with Crippen molar-refractivity contribution in [3.05, 3.63) is 39.8 Å². The number of anilines is 1. The van der Waals surface area contributed by atoms with Crippen LogP contribution in [0.25, 0.3) is 0 Å². The lowest BCUT2D eigenvalue weighted by molar-refractivity contribution is 0.0946. The molecule has 2 amide bonds. The van der Waals surface area contributed by atoms with Gasteiger partial charge in [0, 0.05) is 36.3 Å². The van der Waals surface area contributed by atoms with Crippen LogP contribution in [-0.4, -0.2) is 52.6 Å². The highest BCUT2D eigenvalue weighted by Crippen LogP contribution is 2.41. The molecule has 1 aliphatic heterocycles. The van der Waals surface area contributed by atoms with E-state index in [0.717, 1.165) is 30.8 Å². The molecule has 2 heterocycles. The van der Waals surface area contributed by atoms with Crippen LogP contribution in [0.15, 0.2) is 24.3 Å². The molecule has 2 aromatic rings. The normalized spacial score (nSPS) is 19.2. The lowest BCUT2D eigenvalue weighted by Gasteiger charge is -2.35. The number of likely N-dealkylation sites (tertiary alicyclic amines) is 1. The average Bonchev–Trinajstić information content (AvgIpc) is 3.53. The Morgan fingerprint density at radius 2 is 2.03 bits per heavy atom. The van der Waals surface area contributed by atoms with Crippen LogP contribution in [0.1, 0.15) is 83.0 Å². The van der Waals surface area contributed by atoms with Crippen molar-refractivity contribution in [3.8, 4) is 0 Å². The number of hydrogen-bond acceptors (Lipinski definition) is 6. The molecule has 1 saturated carbocycles. The zero-order valence-electron chi connectivity index (χ0n) is 18.1. The first kappa shape index (κ1) is 21.9. The summed E-state index contributed by atoms with van der Waals surface area (Å²) in [5, 5.41) is 15.3. The molecule has 1 aromatic heterocycles. The lowest BCUT2D eigenvalue weighted by atomic mass is 10.00. The molecule has 1 atom stereocenters. The van der Waals surface area contributed by atoms with Gasteiger partial charge in [0.05, 0.1) is 0 Å². The highest BCUT2D eigenvalue weighted by Gasteiger charge is 2.28. The lowest BCUT2D eigenvalue weighted by Crippen LogP contribution is -2.40. The number of amides is 2. The number of nitrogens with zero attached hydrogens (tertiary/aromatic N) is 3. The van der Waals surface area contributed by atoms with Crippen molar-refractivity contribution in [1.82, 2.24) is 20.4 Å². The third-order valence-electron chi connectivity index (χ3n) is 6.07. The second kappa shape index (κ2) is 10.3. The minimum absolute atomic E-state index is 0.117. The molecule has 0 spiro atoms. The van der Waals surface area contributed by atoms with Gasteiger partial charge in [-0.25, -0.2) is 0 Å². The molecule has 0 radical (unpaired) electrons. The Labute approximate surface area is 187 Å². The Kier molecular flexibility index (Phi) is 7.29. The molecule has 2 aliphatic rings. The van der Waals surface area contributed by atoms with Crippen molar-refractivity contribution in [2.45, 2.75) is 63.8 Å². The summed E-state index contributed by atoms with van der Waals surface area (Å²) in [4.78, 5) is 27.6. The van der Waals surface area contributed by atoms with Crippen LogP contribution in [0, 0.1) is 0 Å². The fourth-order valence-electron chi connectivity index (χ4n) is 4.15. The monoisotopic (exact) mass is 441 g/mol. The van der Waals surface area contributed by atoms with Gasteiger partial charge in [-0.05, 0) is 63.3 Å². The van der Waals surface area contributed by atoms with E-state index in [4.69, 9.17) is 0 Å². The van der Waals surface area contributed by atoms with E-state index in [0.29, 0.717) is 34.8 Å². The molecule has 1 saturated heterocycles. The molecule has 1 aliphatic carbocycles. The van der Waals surface area contributed by atoms with Crippen molar-refractivity contribution >= 4 is 28.8 Å². The zero-order chi connectivity index (χ0) is 21.6. The molecule has 7 nitrogen and oxygen atoms in total. The first-order valence-electron chi connectivity index (χ1n) is 11.4. The number of carbonyl (C=O) groups excluding carboxylic acids is 2. The predicted octanol–water partition coefficient (Wildman–Crippen LogP) is 4.05. The summed E-state index contributed by atoms with van der Waals surface area (Å²) >= 11 is 1.35. The van der Waals surface area contributed by atoms with Crippen LogP contribution in [-0.2, 0) is 0 Å². The van der Waals surface area contributed by atoms with E-state index in [1.807, 2.05) is 0 Å². The number of piperidine rings is 1. The Bertz CT molecular complexity index is 911. The molecular weight excluding hydrogens is 410 g/mol. The van der Waals surface area contributed by atoms with Crippen LogP contribution in [0.3, 0.4) is 0 Å². The van der Waals surface area contributed by atoms with Gasteiger partial charge in [-0.1, -0.05) is 30.7 Å². The van der Waals surface area contributed by atoms with Crippen LogP contribution >= 0.6 is 11.3 Å². The molecule has 1 aromatic carbocycles. The maximum Gasteiger partial charge on any atom is 0.286 e. The summed E-state index contributed by atoms with van der Waals surface area (Å²) in [5.74, 6) is 0.0801.